The van der Waals surface area contributed by atoms with Crippen molar-refractivity contribution < 1.29 is 24.2 Å². The van der Waals surface area contributed by atoms with Gasteiger partial charge in [-0.25, -0.2) is 14.6 Å². The fourth-order valence-electron chi connectivity index (χ4n) is 6.14. The summed E-state index contributed by atoms with van der Waals surface area (Å²) < 4.78 is 12.7. The monoisotopic (exact) mass is 576 g/mol. The SMILES string of the molecule is CCCN(CCN(CC)CC)C(=O)Oc1ccc2nc3c(c(CC)c2c1)Cn1c-3cc2c(c1=O)COC(=O)[C@]2(O)CC. The Morgan fingerprint density at radius 3 is 2.50 bits per heavy atom. The van der Waals surface area contributed by atoms with Crippen LogP contribution in [0.2, 0.25) is 0 Å². The normalized spacial score (nSPS) is 17.2. The molecule has 224 valence electrons. The second kappa shape index (κ2) is 11.9. The van der Waals surface area contributed by atoms with E-state index in [1.807, 2.05) is 26.0 Å². The lowest BCUT2D eigenvalue weighted by Gasteiger charge is -2.31. The maximum absolute atomic E-state index is 13.6. The Hall–Kier alpha value is -3.76. The van der Waals surface area contributed by atoms with Crippen LogP contribution in [0.15, 0.2) is 29.1 Å². The Balaban J connectivity index is 1.51. The van der Waals surface area contributed by atoms with E-state index in [9.17, 15) is 19.5 Å². The molecule has 1 atom stereocenters. The number of fused-ring (bicyclic) bond motifs is 5. The largest absolute Gasteiger partial charge is 0.458 e. The quantitative estimate of drug-likeness (QED) is 0.280. The van der Waals surface area contributed by atoms with E-state index in [-0.39, 0.29) is 24.7 Å². The van der Waals surface area contributed by atoms with Crippen LogP contribution in [0.25, 0.3) is 22.3 Å². The Kier molecular flexibility index (Phi) is 8.39. The maximum Gasteiger partial charge on any atom is 0.415 e. The first-order chi connectivity index (χ1) is 20.2. The third-order valence-corrected chi connectivity index (χ3v) is 8.67. The highest BCUT2D eigenvalue weighted by Crippen LogP contribution is 2.40. The van der Waals surface area contributed by atoms with E-state index in [0.717, 1.165) is 42.6 Å². The molecule has 2 aliphatic heterocycles. The van der Waals surface area contributed by atoms with Crippen LogP contribution in [-0.2, 0) is 34.7 Å². The molecule has 10 heteroatoms. The highest BCUT2D eigenvalue weighted by Gasteiger charge is 2.45. The second-order valence-electron chi connectivity index (χ2n) is 10.9. The molecule has 0 fully saturated rings. The molecule has 5 rings (SSSR count). The van der Waals surface area contributed by atoms with Crippen molar-refractivity contribution in [1.29, 1.82) is 0 Å². The number of aliphatic hydroxyl groups is 1. The number of likely N-dealkylation sites (N-methyl/N-ethyl adjacent to an activating group) is 1. The number of nitrogens with zero attached hydrogens (tertiary/aromatic N) is 4. The Labute approximate surface area is 245 Å². The lowest BCUT2D eigenvalue weighted by molar-refractivity contribution is -0.172. The third-order valence-electron chi connectivity index (χ3n) is 8.67. The number of cyclic esters (lactones) is 1. The van der Waals surface area contributed by atoms with E-state index in [4.69, 9.17) is 14.5 Å². The predicted molar refractivity (Wildman–Crippen MR) is 160 cm³/mol. The number of aryl methyl sites for hydroxylation is 1. The molecule has 1 N–H and O–H groups in total. The smallest absolute Gasteiger partial charge is 0.415 e. The number of aromatic nitrogens is 2. The molecular weight excluding hydrogens is 536 g/mol. The average molecular weight is 577 g/mol. The number of amides is 1. The summed E-state index contributed by atoms with van der Waals surface area (Å²) in [4.78, 5) is 48.2. The summed E-state index contributed by atoms with van der Waals surface area (Å²) in [6.45, 7) is 14.0. The van der Waals surface area contributed by atoms with Crippen molar-refractivity contribution in [2.75, 3.05) is 32.7 Å². The van der Waals surface area contributed by atoms with Crippen molar-refractivity contribution in [2.24, 2.45) is 0 Å². The number of ether oxygens (including phenoxy) is 2. The van der Waals surface area contributed by atoms with Gasteiger partial charge in [-0.3, -0.25) is 4.79 Å². The summed E-state index contributed by atoms with van der Waals surface area (Å²) in [5.41, 5.74) is 2.30. The van der Waals surface area contributed by atoms with Crippen LogP contribution in [0.4, 0.5) is 4.79 Å². The molecule has 0 spiro atoms. The zero-order valence-electron chi connectivity index (χ0n) is 25.2. The Morgan fingerprint density at radius 2 is 1.83 bits per heavy atom. The molecule has 1 aromatic carbocycles. The summed E-state index contributed by atoms with van der Waals surface area (Å²) in [7, 11) is 0. The molecule has 2 aromatic heterocycles. The van der Waals surface area contributed by atoms with Crippen LogP contribution >= 0.6 is 0 Å². The van der Waals surface area contributed by atoms with Gasteiger partial charge >= 0.3 is 12.1 Å². The van der Waals surface area contributed by atoms with Crippen LogP contribution in [0.3, 0.4) is 0 Å². The number of benzene rings is 1. The van der Waals surface area contributed by atoms with Crippen molar-refractivity contribution in [3.05, 3.63) is 56.9 Å². The average Bonchev–Trinajstić information content (AvgIpc) is 3.36. The summed E-state index contributed by atoms with van der Waals surface area (Å²) in [5.74, 6) is -0.298. The zero-order chi connectivity index (χ0) is 30.2. The van der Waals surface area contributed by atoms with Crippen molar-refractivity contribution in [1.82, 2.24) is 19.4 Å². The topological polar surface area (TPSA) is 114 Å². The van der Waals surface area contributed by atoms with Crippen molar-refractivity contribution in [2.45, 2.75) is 72.6 Å². The van der Waals surface area contributed by atoms with Gasteiger partial charge < -0.3 is 28.9 Å². The number of esters is 1. The fourth-order valence-corrected chi connectivity index (χ4v) is 6.14. The molecule has 10 nitrogen and oxygen atoms in total. The molecule has 4 heterocycles. The lowest BCUT2D eigenvalue weighted by Crippen LogP contribution is -2.44. The molecule has 3 aromatic rings. The summed E-state index contributed by atoms with van der Waals surface area (Å²) >= 11 is 0. The molecule has 0 bridgehead atoms. The maximum atomic E-state index is 13.6. The summed E-state index contributed by atoms with van der Waals surface area (Å²) in [6.07, 6.45) is 1.22. The first-order valence-electron chi connectivity index (χ1n) is 15.0. The van der Waals surface area contributed by atoms with Crippen LogP contribution in [0.1, 0.15) is 69.7 Å². The van der Waals surface area contributed by atoms with Gasteiger partial charge in [0.25, 0.3) is 5.56 Å². The number of carbonyl (C=O) groups is 2. The van der Waals surface area contributed by atoms with Gasteiger partial charge in [0.15, 0.2) is 5.60 Å². The Morgan fingerprint density at radius 1 is 1.07 bits per heavy atom. The minimum absolute atomic E-state index is 0.0899. The summed E-state index contributed by atoms with van der Waals surface area (Å²) in [6, 6.07) is 7.15. The summed E-state index contributed by atoms with van der Waals surface area (Å²) in [5, 5.41) is 12.0. The van der Waals surface area contributed by atoms with Crippen LogP contribution in [0.5, 0.6) is 5.75 Å². The number of pyridine rings is 2. The van der Waals surface area contributed by atoms with E-state index in [0.29, 0.717) is 59.8 Å². The van der Waals surface area contributed by atoms with Crippen LogP contribution in [-0.4, -0.2) is 69.2 Å². The zero-order valence-corrected chi connectivity index (χ0v) is 25.2. The van der Waals surface area contributed by atoms with E-state index in [2.05, 4.69) is 18.7 Å². The number of hydrogen-bond acceptors (Lipinski definition) is 8. The fraction of sp³-hybridized carbons (Fsp3) is 0.500. The molecule has 2 aliphatic rings. The second-order valence-corrected chi connectivity index (χ2v) is 10.9. The molecule has 0 saturated carbocycles. The standard InChI is InChI=1S/C32H40N4O6/c1-6-13-35(15-14-34(9-4)10-5)31(39)42-20-11-12-26-22(16-20)21(7-2)23-18-36-27(28(23)33-26)17-25-24(29(36)37)19-41-30(38)32(25,40)8-3/h11-12,16-17,40H,6-10,13-15,18-19H2,1-5H3/t32-/m0/s1. The molecular formula is C32H40N4O6. The van der Waals surface area contributed by atoms with Gasteiger partial charge in [0.1, 0.15) is 12.4 Å². The van der Waals surface area contributed by atoms with Crippen LogP contribution < -0.4 is 10.3 Å². The highest BCUT2D eigenvalue weighted by molar-refractivity contribution is 5.90. The van der Waals surface area contributed by atoms with Gasteiger partial charge in [-0.1, -0.05) is 34.6 Å². The molecule has 42 heavy (non-hydrogen) atoms. The van der Waals surface area contributed by atoms with E-state index >= 15 is 0 Å². The van der Waals surface area contributed by atoms with Gasteiger partial charge in [0.05, 0.1) is 29.0 Å². The van der Waals surface area contributed by atoms with Gasteiger partial charge in [0.2, 0.25) is 0 Å². The van der Waals surface area contributed by atoms with Crippen molar-refractivity contribution >= 4 is 23.0 Å². The molecule has 0 radical (unpaired) electrons. The van der Waals surface area contributed by atoms with Gasteiger partial charge in [-0.05, 0) is 62.2 Å². The van der Waals surface area contributed by atoms with Crippen molar-refractivity contribution in [3.63, 3.8) is 0 Å². The number of rotatable bonds is 10. The third kappa shape index (κ3) is 4.96. The predicted octanol–water partition coefficient (Wildman–Crippen LogP) is 4.19. The van der Waals surface area contributed by atoms with E-state index in [1.54, 1.807) is 28.5 Å². The first-order valence-corrected chi connectivity index (χ1v) is 15.0. The molecule has 1 amide bonds. The van der Waals surface area contributed by atoms with Gasteiger partial charge in [-0.15, -0.1) is 0 Å². The molecule has 0 unspecified atom stereocenters. The first kappa shape index (κ1) is 29.7. The number of hydrogen-bond donors (Lipinski definition) is 1. The van der Waals surface area contributed by atoms with Crippen molar-refractivity contribution in [3.8, 4) is 17.1 Å². The Bertz CT molecular complexity index is 1590. The van der Waals surface area contributed by atoms with Crippen LogP contribution in [0, 0.1) is 0 Å². The van der Waals surface area contributed by atoms with E-state index < -0.39 is 11.6 Å². The lowest BCUT2D eigenvalue weighted by atomic mass is 9.86. The van der Waals surface area contributed by atoms with Gasteiger partial charge in [-0.2, -0.15) is 0 Å². The minimum Gasteiger partial charge on any atom is -0.458 e. The minimum atomic E-state index is -1.87. The van der Waals surface area contributed by atoms with E-state index in [1.165, 1.54) is 0 Å². The van der Waals surface area contributed by atoms with Gasteiger partial charge in [0, 0.05) is 36.1 Å². The highest BCUT2D eigenvalue weighted by atomic mass is 16.6. The molecule has 0 aliphatic carbocycles. The number of carbonyl (C=O) groups excluding carboxylic acids is 2. The molecule has 0 saturated heterocycles.